The lowest BCUT2D eigenvalue weighted by molar-refractivity contribution is -0.113. The van der Waals surface area contributed by atoms with E-state index in [4.69, 9.17) is 16.6 Å². The van der Waals surface area contributed by atoms with E-state index in [0.29, 0.717) is 26.9 Å². The Balaban J connectivity index is 1.57. The minimum absolute atomic E-state index is 0.0800. The number of H-pyrrole nitrogens is 1. The lowest BCUT2D eigenvalue weighted by Crippen LogP contribution is -2.23. The number of aryl methyl sites for hydroxylation is 3. The van der Waals surface area contributed by atoms with Crippen molar-refractivity contribution < 1.29 is 4.79 Å². The average molecular weight is 503 g/mol. The summed E-state index contributed by atoms with van der Waals surface area (Å²) in [5, 5.41) is 4.78. The topological polar surface area (TPSA) is 79.8 Å². The fraction of sp³-hybridized carbons (Fsp3) is 0.148. The van der Waals surface area contributed by atoms with Crippen molar-refractivity contribution in [2.75, 3.05) is 11.1 Å². The summed E-state index contributed by atoms with van der Waals surface area (Å²) in [7, 11) is 0. The average Bonchev–Trinajstić information content (AvgIpc) is 3.21. The van der Waals surface area contributed by atoms with Crippen LogP contribution in [0.5, 0.6) is 0 Å². The van der Waals surface area contributed by atoms with Gasteiger partial charge in [0, 0.05) is 21.6 Å². The molecule has 0 saturated carbocycles. The Morgan fingerprint density at radius 3 is 2.63 bits per heavy atom. The minimum atomic E-state index is -0.212. The second kappa shape index (κ2) is 9.24. The van der Waals surface area contributed by atoms with Crippen LogP contribution in [0.1, 0.15) is 16.7 Å². The number of carbonyl (C=O) groups is 1. The first-order valence-electron chi connectivity index (χ1n) is 11.1. The van der Waals surface area contributed by atoms with Crippen molar-refractivity contribution in [3.63, 3.8) is 0 Å². The maximum atomic E-state index is 13.8. The number of anilines is 1. The molecule has 0 unspecified atom stereocenters. The number of rotatable bonds is 5. The van der Waals surface area contributed by atoms with Gasteiger partial charge in [-0.1, -0.05) is 59.8 Å². The molecule has 0 fully saturated rings. The van der Waals surface area contributed by atoms with E-state index in [9.17, 15) is 9.59 Å². The predicted octanol–water partition coefficient (Wildman–Crippen LogP) is 6.18. The number of thioether (sulfide) groups is 1. The van der Waals surface area contributed by atoms with Gasteiger partial charge >= 0.3 is 0 Å². The molecule has 0 atom stereocenters. The largest absolute Gasteiger partial charge is 0.349 e. The highest BCUT2D eigenvalue weighted by molar-refractivity contribution is 7.99. The van der Waals surface area contributed by atoms with E-state index in [-0.39, 0.29) is 17.2 Å². The molecular weight excluding hydrogens is 480 g/mol. The number of nitrogens with zero attached hydrogens (tertiary/aromatic N) is 2. The zero-order valence-corrected chi connectivity index (χ0v) is 21.1. The van der Waals surface area contributed by atoms with E-state index in [2.05, 4.69) is 10.3 Å². The quantitative estimate of drug-likeness (QED) is 0.222. The smallest absolute Gasteiger partial charge is 0.283 e. The van der Waals surface area contributed by atoms with E-state index in [0.717, 1.165) is 33.3 Å². The standard InChI is InChI=1S/C27H23ClN4O2S/c1-15-8-9-17(3)22(12-15)32-26(34)25-24(19-6-4-5-7-21(19)30-25)31-27(32)35-14-23(33)29-18-11-10-16(2)20(28)13-18/h4-13,30H,14H2,1-3H3,(H,29,33). The first kappa shape index (κ1) is 23.2. The van der Waals surface area contributed by atoms with Crippen LogP contribution in [0, 0.1) is 20.8 Å². The van der Waals surface area contributed by atoms with Crippen LogP contribution in [0.25, 0.3) is 27.6 Å². The molecule has 2 heterocycles. The molecule has 0 aliphatic carbocycles. The van der Waals surface area contributed by atoms with Crippen molar-refractivity contribution in [3.8, 4) is 5.69 Å². The summed E-state index contributed by atoms with van der Waals surface area (Å²) in [4.78, 5) is 34.6. The molecule has 0 spiro atoms. The predicted molar refractivity (Wildman–Crippen MR) is 144 cm³/mol. The molecule has 176 valence electrons. The van der Waals surface area contributed by atoms with Crippen molar-refractivity contribution in [2.24, 2.45) is 0 Å². The van der Waals surface area contributed by atoms with Gasteiger partial charge < -0.3 is 10.3 Å². The summed E-state index contributed by atoms with van der Waals surface area (Å²) < 4.78 is 1.60. The Bertz CT molecular complexity index is 1670. The Hall–Kier alpha value is -3.55. The number of nitrogens with one attached hydrogen (secondary N) is 2. The number of para-hydroxylation sites is 1. The van der Waals surface area contributed by atoms with Crippen molar-refractivity contribution in [2.45, 2.75) is 25.9 Å². The maximum Gasteiger partial charge on any atom is 0.283 e. The van der Waals surface area contributed by atoms with Crippen LogP contribution in [0.15, 0.2) is 70.6 Å². The van der Waals surface area contributed by atoms with E-state index in [1.165, 1.54) is 11.8 Å². The van der Waals surface area contributed by atoms with Gasteiger partial charge in [0.25, 0.3) is 5.56 Å². The lowest BCUT2D eigenvalue weighted by Gasteiger charge is -2.15. The molecule has 8 heteroatoms. The molecule has 0 saturated heterocycles. The lowest BCUT2D eigenvalue weighted by atomic mass is 10.1. The van der Waals surface area contributed by atoms with Crippen LogP contribution in [-0.2, 0) is 4.79 Å². The third-order valence-electron chi connectivity index (χ3n) is 5.89. The summed E-state index contributed by atoms with van der Waals surface area (Å²) in [6.07, 6.45) is 0. The number of carbonyl (C=O) groups excluding carboxylic acids is 1. The van der Waals surface area contributed by atoms with Crippen LogP contribution in [-0.4, -0.2) is 26.2 Å². The van der Waals surface area contributed by atoms with Crippen molar-refractivity contribution >= 4 is 56.9 Å². The van der Waals surface area contributed by atoms with Crippen LogP contribution in [0.4, 0.5) is 5.69 Å². The number of fused-ring (bicyclic) bond motifs is 3. The molecule has 0 radical (unpaired) electrons. The van der Waals surface area contributed by atoms with Crippen molar-refractivity contribution in [3.05, 3.63) is 92.7 Å². The second-order valence-corrected chi connectivity index (χ2v) is 9.87. The van der Waals surface area contributed by atoms with Gasteiger partial charge in [0.2, 0.25) is 5.91 Å². The molecular formula is C27H23ClN4O2S. The Morgan fingerprint density at radius 2 is 1.83 bits per heavy atom. The van der Waals surface area contributed by atoms with Crippen LogP contribution >= 0.6 is 23.4 Å². The number of halogens is 1. The molecule has 0 aliphatic rings. The van der Waals surface area contributed by atoms with E-state index in [1.807, 2.05) is 75.4 Å². The highest BCUT2D eigenvalue weighted by Gasteiger charge is 2.19. The summed E-state index contributed by atoms with van der Waals surface area (Å²) in [5.41, 5.74) is 5.96. The monoisotopic (exact) mass is 502 g/mol. The van der Waals surface area contributed by atoms with Gasteiger partial charge in [-0.3, -0.25) is 14.2 Å². The van der Waals surface area contributed by atoms with Crippen molar-refractivity contribution in [1.82, 2.24) is 14.5 Å². The SMILES string of the molecule is Cc1ccc(C)c(-n2c(SCC(=O)Nc3ccc(C)c(Cl)c3)nc3c([nH]c4ccccc43)c2=O)c1. The Morgan fingerprint density at radius 1 is 1.06 bits per heavy atom. The van der Waals surface area contributed by atoms with Crippen LogP contribution in [0.2, 0.25) is 5.02 Å². The van der Waals surface area contributed by atoms with Gasteiger partial charge in [0.1, 0.15) is 11.0 Å². The first-order chi connectivity index (χ1) is 16.8. The highest BCUT2D eigenvalue weighted by Crippen LogP contribution is 2.28. The summed E-state index contributed by atoms with van der Waals surface area (Å²) >= 11 is 7.41. The summed E-state index contributed by atoms with van der Waals surface area (Å²) in [6.45, 7) is 5.84. The molecule has 5 aromatic rings. The van der Waals surface area contributed by atoms with Crippen molar-refractivity contribution in [1.29, 1.82) is 0 Å². The molecule has 35 heavy (non-hydrogen) atoms. The third kappa shape index (κ3) is 4.45. The molecule has 2 aromatic heterocycles. The highest BCUT2D eigenvalue weighted by atomic mass is 35.5. The molecule has 5 rings (SSSR count). The zero-order valence-electron chi connectivity index (χ0n) is 19.5. The fourth-order valence-corrected chi connectivity index (χ4v) is 4.99. The zero-order chi connectivity index (χ0) is 24.7. The van der Waals surface area contributed by atoms with Gasteiger partial charge in [0.15, 0.2) is 5.16 Å². The minimum Gasteiger partial charge on any atom is -0.349 e. The van der Waals surface area contributed by atoms with Gasteiger partial charge in [-0.05, 0) is 61.7 Å². The maximum absolute atomic E-state index is 13.8. The van der Waals surface area contributed by atoms with Gasteiger partial charge in [0.05, 0.1) is 11.4 Å². The number of amides is 1. The first-order valence-corrected chi connectivity index (χ1v) is 12.5. The number of hydrogen-bond donors (Lipinski definition) is 2. The summed E-state index contributed by atoms with van der Waals surface area (Å²) in [5.74, 6) is -0.132. The molecule has 0 aliphatic heterocycles. The van der Waals surface area contributed by atoms with Crippen LogP contribution in [0.3, 0.4) is 0 Å². The third-order valence-corrected chi connectivity index (χ3v) is 7.23. The number of benzene rings is 3. The molecule has 0 bridgehead atoms. The molecule has 6 nitrogen and oxygen atoms in total. The second-order valence-electron chi connectivity index (χ2n) is 8.52. The summed E-state index contributed by atoms with van der Waals surface area (Å²) in [6, 6.07) is 19.0. The normalized spacial score (nSPS) is 11.3. The Labute approximate surface area is 211 Å². The van der Waals surface area contributed by atoms with Crippen LogP contribution < -0.4 is 10.9 Å². The number of aromatic nitrogens is 3. The van der Waals surface area contributed by atoms with E-state index < -0.39 is 0 Å². The Kier molecular flexibility index (Phi) is 6.13. The number of hydrogen-bond acceptors (Lipinski definition) is 4. The number of aromatic amines is 1. The van der Waals surface area contributed by atoms with E-state index >= 15 is 0 Å². The molecule has 1 amide bonds. The van der Waals surface area contributed by atoms with Gasteiger partial charge in [-0.2, -0.15) is 0 Å². The molecule has 3 aromatic carbocycles. The van der Waals surface area contributed by atoms with Gasteiger partial charge in [-0.15, -0.1) is 0 Å². The fourth-order valence-electron chi connectivity index (χ4n) is 4.01. The van der Waals surface area contributed by atoms with Gasteiger partial charge in [-0.25, -0.2) is 4.98 Å². The molecule has 2 N–H and O–H groups in total. The van der Waals surface area contributed by atoms with E-state index in [1.54, 1.807) is 10.6 Å².